The van der Waals surface area contributed by atoms with Gasteiger partial charge >= 0.3 is 0 Å². The molecular formula is C11H11BrClN3. The lowest BCUT2D eigenvalue weighted by atomic mass is 10.2. The molecule has 2 aromatic rings. The van der Waals surface area contributed by atoms with Crippen LogP contribution in [0.3, 0.4) is 0 Å². The van der Waals surface area contributed by atoms with E-state index in [2.05, 4.69) is 25.9 Å². The van der Waals surface area contributed by atoms with E-state index in [1.807, 2.05) is 18.2 Å². The Hall–Kier alpha value is -0.840. The van der Waals surface area contributed by atoms with Gasteiger partial charge in [-0.3, -0.25) is 0 Å². The van der Waals surface area contributed by atoms with Gasteiger partial charge in [-0.1, -0.05) is 33.6 Å². The van der Waals surface area contributed by atoms with Gasteiger partial charge in [0.2, 0.25) is 0 Å². The zero-order chi connectivity index (χ0) is 11.5. The highest BCUT2D eigenvalue weighted by Gasteiger charge is 2.07. The van der Waals surface area contributed by atoms with Gasteiger partial charge in [0, 0.05) is 16.5 Å². The number of halogens is 2. The van der Waals surface area contributed by atoms with Crippen LogP contribution < -0.4 is 5.73 Å². The van der Waals surface area contributed by atoms with Gasteiger partial charge in [-0.25, -0.2) is 4.98 Å². The Labute approximate surface area is 107 Å². The van der Waals surface area contributed by atoms with E-state index in [9.17, 15) is 0 Å². The Morgan fingerprint density at radius 3 is 2.94 bits per heavy atom. The molecular weight excluding hydrogens is 289 g/mol. The van der Waals surface area contributed by atoms with Crippen LogP contribution in [-0.4, -0.2) is 16.5 Å². The number of nitrogens with one attached hydrogen (secondary N) is 1. The van der Waals surface area contributed by atoms with E-state index in [1.54, 1.807) is 6.20 Å². The normalized spacial score (nSPS) is 10.7. The number of hydrogen-bond acceptors (Lipinski definition) is 2. The zero-order valence-corrected chi connectivity index (χ0v) is 10.8. The van der Waals surface area contributed by atoms with Crippen LogP contribution >= 0.6 is 27.5 Å². The van der Waals surface area contributed by atoms with E-state index in [0.717, 1.165) is 28.0 Å². The van der Waals surface area contributed by atoms with Crippen LogP contribution in [0.5, 0.6) is 0 Å². The first-order valence-electron chi connectivity index (χ1n) is 4.90. The summed E-state index contributed by atoms with van der Waals surface area (Å²) in [6.07, 6.45) is 2.52. The summed E-state index contributed by atoms with van der Waals surface area (Å²) in [5.41, 5.74) is 7.33. The van der Waals surface area contributed by atoms with Crippen molar-refractivity contribution in [2.45, 2.75) is 6.42 Å². The smallest absolute Gasteiger partial charge is 0.107 e. The maximum absolute atomic E-state index is 6.15. The second kappa shape index (κ2) is 4.99. The standard InChI is InChI=1S/C11H11BrClN3/c12-7-1-2-8(9(13)5-7)10-6-15-11(16-10)3-4-14/h1-2,5-6H,3-4,14H2,(H,15,16). The molecule has 2 rings (SSSR count). The van der Waals surface area contributed by atoms with Gasteiger partial charge in [0.15, 0.2) is 0 Å². The molecule has 1 heterocycles. The maximum Gasteiger partial charge on any atom is 0.107 e. The molecule has 0 spiro atoms. The Morgan fingerprint density at radius 1 is 1.44 bits per heavy atom. The van der Waals surface area contributed by atoms with Crippen molar-refractivity contribution in [2.75, 3.05) is 6.54 Å². The summed E-state index contributed by atoms with van der Waals surface area (Å²) < 4.78 is 0.961. The number of aromatic nitrogens is 2. The van der Waals surface area contributed by atoms with E-state index in [4.69, 9.17) is 17.3 Å². The Morgan fingerprint density at radius 2 is 2.25 bits per heavy atom. The molecule has 0 fully saturated rings. The monoisotopic (exact) mass is 299 g/mol. The molecule has 0 unspecified atom stereocenters. The summed E-state index contributed by atoms with van der Waals surface area (Å²) in [5, 5.41) is 0.692. The topological polar surface area (TPSA) is 54.7 Å². The number of imidazole rings is 1. The van der Waals surface area contributed by atoms with Crippen molar-refractivity contribution in [3.8, 4) is 11.3 Å². The molecule has 0 aliphatic heterocycles. The van der Waals surface area contributed by atoms with E-state index < -0.39 is 0 Å². The molecule has 3 N–H and O–H groups in total. The number of nitrogens with two attached hydrogens (primary N) is 1. The molecule has 84 valence electrons. The number of H-pyrrole nitrogens is 1. The van der Waals surface area contributed by atoms with Gasteiger partial charge in [0.1, 0.15) is 5.82 Å². The summed E-state index contributed by atoms with van der Waals surface area (Å²) in [4.78, 5) is 7.44. The average molecular weight is 301 g/mol. The number of hydrogen-bond donors (Lipinski definition) is 2. The van der Waals surface area contributed by atoms with E-state index in [1.165, 1.54) is 0 Å². The molecule has 0 radical (unpaired) electrons. The van der Waals surface area contributed by atoms with Crippen LogP contribution in [0, 0.1) is 0 Å². The van der Waals surface area contributed by atoms with Crippen LogP contribution in [0.25, 0.3) is 11.3 Å². The second-order valence-electron chi connectivity index (χ2n) is 3.41. The minimum absolute atomic E-state index is 0.584. The van der Waals surface area contributed by atoms with Crippen molar-refractivity contribution in [1.29, 1.82) is 0 Å². The SMILES string of the molecule is NCCc1ncc(-c2ccc(Br)cc2Cl)[nH]1. The molecule has 0 amide bonds. The molecule has 0 aliphatic carbocycles. The highest BCUT2D eigenvalue weighted by molar-refractivity contribution is 9.10. The van der Waals surface area contributed by atoms with E-state index >= 15 is 0 Å². The fourth-order valence-corrected chi connectivity index (χ4v) is 2.25. The predicted octanol–water partition coefficient (Wildman–Crippen LogP) is 2.99. The summed E-state index contributed by atoms with van der Waals surface area (Å²) >= 11 is 9.52. The maximum atomic E-state index is 6.15. The average Bonchev–Trinajstić information content (AvgIpc) is 2.67. The largest absolute Gasteiger partial charge is 0.342 e. The van der Waals surface area contributed by atoms with Gasteiger partial charge in [0.05, 0.1) is 16.9 Å². The minimum Gasteiger partial charge on any atom is -0.342 e. The molecule has 0 saturated carbocycles. The molecule has 0 bridgehead atoms. The molecule has 0 saturated heterocycles. The van der Waals surface area contributed by atoms with Crippen LogP contribution in [0.15, 0.2) is 28.9 Å². The third-order valence-electron chi connectivity index (χ3n) is 2.23. The third-order valence-corrected chi connectivity index (χ3v) is 3.04. The van der Waals surface area contributed by atoms with Crippen molar-refractivity contribution < 1.29 is 0 Å². The molecule has 5 heteroatoms. The lowest BCUT2D eigenvalue weighted by molar-refractivity contribution is 0.895. The molecule has 0 atom stereocenters. The van der Waals surface area contributed by atoms with Crippen molar-refractivity contribution in [3.05, 3.63) is 39.7 Å². The molecule has 0 aliphatic rings. The molecule has 1 aromatic heterocycles. The van der Waals surface area contributed by atoms with Crippen LogP contribution in [0.4, 0.5) is 0 Å². The number of nitrogens with zero attached hydrogens (tertiary/aromatic N) is 1. The fourth-order valence-electron chi connectivity index (χ4n) is 1.47. The molecule has 1 aromatic carbocycles. The van der Waals surface area contributed by atoms with Crippen molar-refractivity contribution in [2.24, 2.45) is 5.73 Å². The summed E-state index contributed by atoms with van der Waals surface area (Å²) in [7, 11) is 0. The summed E-state index contributed by atoms with van der Waals surface area (Å²) in [6.45, 7) is 0.584. The summed E-state index contributed by atoms with van der Waals surface area (Å²) in [5.74, 6) is 0.886. The predicted molar refractivity (Wildman–Crippen MR) is 69.5 cm³/mol. The molecule has 16 heavy (non-hydrogen) atoms. The lowest BCUT2D eigenvalue weighted by Gasteiger charge is -2.01. The summed E-state index contributed by atoms with van der Waals surface area (Å²) in [6, 6.07) is 5.76. The highest BCUT2D eigenvalue weighted by Crippen LogP contribution is 2.29. The van der Waals surface area contributed by atoms with Crippen molar-refractivity contribution in [1.82, 2.24) is 9.97 Å². The van der Waals surface area contributed by atoms with E-state index in [-0.39, 0.29) is 0 Å². The lowest BCUT2D eigenvalue weighted by Crippen LogP contribution is -2.03. The van der Waals surface area contributed by atoms with E-state index in [0.29, 0.717) is 11.6 Å². The second-order valence-corrected chi connectivity index (χ2v) is 4.73. The number of benzene rings is 1. The van der Waals surface area contributed by atoms with Crippen molar-refractivity contribution in [3.63, 3.8) is 0 Å². The van der Waals surface area contributed by atoms with Crippen LogP contribution in [-0.2, 0) is 6.42 Å². The van der Waals surface area contributed by atoms with Crippen molar-refractivity contribution >= 4 is 27.5 Å². The van der Waals surface area contributed by atoms with Crippen LogP contribution in [0.1, 0.15) is 5.82 Å². The number of rotatable bonds is 3. The Bertz CT molecular complexity index is 496. The van der Waals surface area contributed by atoms with Crippen LogP contribution in [0.2, 0.25) is 5.02 Å². The fraction of sp³-hybridized carbons (Fsp3) is 0.182. The number of aromatic amines is 1. The first-order chi connectivity index (χ1) is 7.70. The van der Waals surface area contributed by atoms with Gasteiger partial charge in [-0.15, -0.1) is 0 Å². The Balaban J connectivity index is 2.35. The quantitative estimate of drug-likeness (QED) is 0.915. The molecule has 3 nitrogen and oxygen atoms in total. The van der Waals surface area contributed by atoms with Gasteiger partial charge in [-0.2, -0.15) is 0 Å². The van der Waals surface area contributed by atoms with Gasteiger partial charge < -0.3 is 10.7 Å². The highest BCUT2D eigenvalue weighted by atomic mass is 79.9. The first-order valence-corrected chi connectivity index (χ1v) is 6.07. The first kappa shape index (κ1) is 11.6. The van der Waals surface area contributed by atoms with Gasteiger partial charge in [0.25, 0.3) is 0 Å². The Kier molecular flexibility index (Phi) is 3.63. The zero-order valence-electron chi connectivity index (χ0n) is 8.50. The van der Waals surface area contributed by atoms with Gasteiger partial charge in [-0.05, 0) is 18.7 Å². The minimum atomic E-state index is 0.584. The third kappa shape index (κ3) is 2.45.